The summed E-state index contributed by atoms with van der Waals surface area (Å²) in [6.45, 7) is 5.59. The van der Waals surface area contributed by atoms with Crippen LogP contribution in [-0.2, 0) is 0 Å². The Morgan fingerprint density at radius 1 is 1.56 bits per heavy atom. The van der Waals surface area contributed by atoms with Crippen molar-refractivity contribution in [3.8, 4) is 0 Å². The Labute approximate surface area is 55.5 Å². The number of aliphatic imine (C=N–C) groups is 1. The fourth-order valence-electron chi connectivity index (χ4n) is 0.925. The monoisotopic (exact) mass is 124 g/mol. The topological polar surface area (TPSA) is 38.4 Å². The molecule has 0 aromatic carbocycles. The summed E-state index contributed by atoms with van der Waals surface area (Å²) < 4.78 is 0. The van der Waals surface area contributed by atoms with Crippen molar-refractivity contribution in [3.05, 3.63) is 11.1 Å². The van der Waals surface area contributed by atoms with Crippen LogP contribution in [-0.4, -0.2) is 18.8 Å². The molecule has 0 saturated heterocycles. The normalized spacial score (nSPS) is 18.8. The van der Waals surface area contributed by atoms with Gasteiger partial charge in [-0.2, -0.15) is 0 Å². The Bertz CT molecular complexity index is 177. The number of hydrogen-bond acceptors (Lipinski definition) is 2. The van der Waals surface area contributed by atoms with Gasteiger partial charge in [0.2, 0.25) is 0 Å². The minimum absolute atomic E-state index is 0.659. The van der Waals surface area contributed by atoms with Crippen LogP contribution >= 0.6 is 0 Å². The quantitative estimate of drug-likeness (QED) is 0.550. The zero-order valence-electron chi connectivity index (χ0n) is 5.94. The van der Waals surface area contributed by atoms with Crippen LogP contribution in [0.3, 0.4) is 0 Å². The van der Waals surface area contributed by atoms with Gasteiger partial charge in [0.25, 0.3) is 0 Å². The second-order valence-electron chi connectivity index (χ2n) is 2.33. The van der Waals surface area contributed by atoms with Crippen molar-refractivity contribution >= 4 is 5.71 Å². The van der Waals surface area contributed by atoms with Crippen molar-refractivity contribution in [2.24, 2.45) is 10.7 Å². The van der Waals surface area contributed by atoms with Gasteiger partial charge in [-0.1, -0.05) is 0 Å². The number of hydrogen-bond donors (Lipinski definition) is 1. The van der Waals surface area contributed by atoms with Crippen molar-refractivity contribution in [2.45, 2.75) is 13.8 Å². The van der Waals surface area contributed by atoms with Gasteiger partial charge >= 0.3 is 0 Å². The first-order valence-electron chi connectivity index (χ1n) is 3.16. The molecule has 0 bridgehead atoms. The van der Waals surface area contributed by atoms with E-state index in [2.05, 4.69) is 11.9 Å². The van der Waals surface area contributed by atoms with Crippen LogP contribution in [0.5, 0.6) is 0 Å². The Kier molecular flexibility index (Phi) is 1.67. The highest BCUT2D eigenvalue weighted by molar-refractivity contribution is 6.00. The Balaban J connectivity index is 2.79. The minimum Gasteiger partial charge on any atom is -0.327 e. The summed E-state index contributed by atoms with van der Waals surface area (Å²) in [4.78, 5) is 4.23. The van der Waals surface area contributed by atoms with Crippen molar-refractivity contribution in [3.63, 3.8) is 0 Å². The van der Waals surface area contributed by atoms with Crippen LogP contribution < -0.4 is 5.73 Å². The number of allylic oxidation sites excluding steroid dienone is 1. The number of nitrogens with two attached hydrogens (primary N) is 1. The van der Waals surface area contributed by atoms with Gasteiger partial charge in [0.05, 0.1) is 6.54 Å². The SMILES string of the molecule is CC1=NCC(CN)=C1C. The molecule has 0 aliphatic carbocycles. The third-order valence-electron chi connectivity index (χ3n) is 1.83. The summed E-state index contributed by atoms with van der Waals surface area (Å²) in [5.74, 6) is 0. The fraction of sp³-hybridized carbons (Fsp3) is 0.571. The van der Waals surface area contributed by atoms with E-state index in [4.69, 9.17) is 5.73 Å². The average molecular weight is 124 g/mol. The maximum atomic E-state index is 5.46. The summed E-state index contributed by atoms with van der Waals surface area (Å²) in [7, 11) is 0. The molecule has 0 fully saturated rings. The molecule has 1 aliphatic rings. The van der Waals surface area contributed by atoms with Crippen LogP contribution in [0.2, 0.25) is 0 Å². The molecule has 0 saturated carbocycles. The van der Waals surface area contributed by atoms with Gasteiger partial charge in [-0.15, -0.1) is 0 Å². The molecule has 0 radical (unpaired) electrons. The first-order chi connectivity index (χ1) is 4.25. The van der Waals surface area contributed by atoms with E-state index in [0.717, 1.165) is 12.3 Å². The van der Waals surface area contributed by atoms with Crippen molar-refractivity contribution < 1.29 is 0 Å². The van der Waals surface area contributed by atoms with Gasteiger partial charge in [-0.25, -0.2) is 0 Å². The molecule has 0 aromatic rings. The van der Waals surface area contributed by atoms with Gasteiger partial charge in [0.15, 0.2) is 0 Å². The van der Waals surface area contributed by atoms with Gasteiger partial charge in [0.1, 0.15) is 0 Å². The lowest BCUT2D eigenvalue weighted by Crippen LogP contribution is -2.05. The van der Waals surface area contributed by atoms with Gasteiger partial charge in [0, 0.05) is 12.3 Å². The average Bonchev–Trinajstić information content (AvgIpc) is 2.15. The van der Waals surface area contributed by atoms with Crippen molar-refractivity contribution in [1.82, 2.24) is 0 Å². The first kappa shape index (κ1) is 6.49. The molecule has 50 valence electrons. The molecule has 1 heterocycles. The van der Waals surface area contributed by atoms with E-state index < -0.39 is 0 Å². The van der Waals surface area contributed by atoms with Crippen LogP contribution in [0.25, 0.3) is 0 Å². The second kappa shape index (κ2) is 2.31. The Morgan fingerprint density at radius 3 is 2.44 bits per heavy atom. The largest absolute Gasteiger partial charge is 0.327 e. The summed E-state index contributed by atoms with van der Waals surface area (Å²) in [5, 5.41) is 0. The lowest BCUT2D eigenvalue weighted by atomic mass is 10.1. The van der Waals surface area contributed by atoms with Gasteiger partial charge in [-0.3, -0.25) is 4.99 Å². The Morgan fingerprint density at radius 2 is 2.22 bits per heavy atom. The lowest BCUT2D eigenvalue weighted by Gasteiger charge is -1.95. The van der Waals surface area contributed by atoms with E-state index in [-0.39, 0.29) is 0 Å². The standard InChI is InChI=1S/C7H12N2/c1-5-6(2)9-4-7(5)3-8/h3-4,8H2,1-2H3. The Hall–Kier alpha value is -0.630. The lowest BCUT2D eigenvalue weighted by molar-refractivity contribution is 1.05. The molecule has 1 rings (SSSR count). The van der Waals surface area contributed by atoms with E-state index in [0.29, 0.717) is 6.54 Å². The molecule has 2 N–H and O–H groups in total. The van der Waals surface area contributed by atoms with Gasteiger partial charge < -0.3 is 5.73 Å². The predicted octanol–water partition coefficient (Wildman–Crippen LogP) is 0.736. The third-order valence-corrected chi connectivity index (χ3v) is 1.83. The van der Waals surface area contributed by atoms with E-state index in [1.54, 1.807) is 0 Å². The van der Waals surface area contributed by atoms with Crippen LogP contribution in [0.4, 0.5) is 0 Å². The molecule has 1 aliphatic heterocycles. The molecule has 0 unspecified atom stereocenters. The predicted molar refractivity (Wildman–Crippen MR) is 39.7 cm³/mol. The summed E-state index contributed by atoms with van der Waals surface area (Å²) in [5.41, 5.74) is 9.18. The van der Waals surface area contributed by atoms with Crippen LogP contribution in [0, 0.1) is 0 Å². The summed E-state index contributed by atoms with van der Waals surface area (Å²) in [6.07, 6.45) is 0. The van der Waals surface area contributed by atoms with Crippen molar-refractivity contribution in [1.29, 1.82) is 0 Å². The zero-order chi connectivity index (χ0) is 6.85. The van der Waals surface area contributed by atoms with E-state index >= 15 is 0 Å². The molecule has 2 heteroatoms. The smallest absolute Gasteiger partial charge is 0.0621 e. The first-order valence-corrected chi connectivity index (χ1v) is 3.16. The molecular formula is C7H12N2. The summed E-state index contributed by atoms with van der Waals surface area (Å²) in [6, 6.07) is 0. The maximum Gasteiger partial charge on any atom is 0.0621 e. The zero-order valence-corrected chi connectivity index (χ0v) is 5.94. The molecular weight excluding hydrogens is 112 g/mol. The molecule has 0 spiro atoms. The number of nitrogens with zero attached hydrogens (tertiary/aromatic N) is 1. The highest BCUT2D eigenvalue weighted by Crippen LogP contribution is 2.12. The molecule has 0 atom stereocenters. The summed E-state index contributed by atoms with van der Waals surface area (Å²) >= 11 is 0. The maximum absolute atomic E-state index is 5.46. The molecule has 9 heavy (non-hydrogen) atoms. The van der Waals surface area contributed by atoms with Gasteiger partial charge in [-0.05, 0) is 25.0 Å². The number of rotatable bonds is 1. The molecule has 2 nitrogen and oxygen atoms in total. The van der Waals surface area contributed by atoms with Crippen LogP contribution in [0.15, 0.2) is 16.1 Å². The highest BCUT2D eigenvalue weighted by Gasteiger charge is 2.08. The van der Waals surface area contributed by atoms with E-state index in [1.807, 2.05) is 6.92 Å². The molecule has 0 amide bonds. The third kappa shape index (κ3) is 1.03. The van der Waals surface area contributed by atoms with Crippen LogP contribution in [0.1, 0.15) is 13.8 Å². The van der Waals surface area contributed by atoms with E-state index in [1.165, 1.54) is 11.1 Å². The fourth-order valence-corrected chi connectivity index (χ4v) is 0.925. The highest BCUT2D eigenvalue weighted by atomic mass is 14.8. The van der Waals surface area contributed by atoms with E-state index in [9.17, 15) is 0 Å². The van der Waals surface area contributed by atoms with Crippen molar-refractivity contribution in [2.75, 3.05) is 13.1 Å². The molecule has 0 aromatic heterocycles. The minimum atomic E-state index is 0.659. The second-order valence-corrected chi connectivity index (χ2v) is 2.33.